The molecule has 2 fully saturated rings. The molecule has 0 aromatic carbocycles. The van der Waals surface area contributed by atoms with Crippen LogP contribution in [0.4, 0.5) is 5.82 Å². The van der Waals surface area contributed by atoms with Gasteiger partial charge in [-0.3, -0.25) is 9.78 Å². The van der Waals surface area contributed by atoms with Gasteiger partial charge >= 0.3 is 0 Å². The molecule has 4 heterocycles. The minimum atomic E-state index is -0.0788. The molecule has 0 saturated carbocycles. The summed E-state index contributed by atoms with van der Waals surface area (Å²) in [6.45, 7) is 2.04. The third kappa shape index (κ3) is 3.46. The van der Waals surface area contributed by atoms with Gasteiger partial charge in [0.05, 0.1) is 18.3 Å². The highest BCUT2D eigenvalue weighted by Crippen LogP contribution is 2.30. The maximum Gasteiger partial charge on any atom is 0.274 e. The second kappa shape index (κ2) is 7.14. The SMILES string of the molecule is O=C(c1cnccn1)N1C[C@@H]2CCCO[C@@H]2[C@H](Nc2ccccn2)C1. The monoisotopic (exact) mass is 339 g/mol. The number of aromatic nitrogens is 3. The van der Waals surface area contributed by atoms with Crippen LogP contribution in [-0.4, -0.2) is 57.6 Å². The van der Waals surface area contributed by atoms with Gasteiger partial charge in [0, 0.05) is 44.2 Å². The summed E-state index contributed by atoms with van der Waals surface area (Å²) in [7, 11) is 0. The number of pyridine rings is 1. The molecule has 0 bridgehead atoms. The largest absolute Gasteiger partial charge is 0.376 e. The Morgan fingerprint density at radius 2 is 2.16 bits per heavy atom. The standard InChI is InChI=1S/C18H21N5O2/c24-18(14-10-19-7-8-20-14)23-11-13-4-3-9-25-17(13)15(12-23)22-16-5-1-2-6-21-16/h1-2,5-8,10,13,15,17H,3-4,9,11-12H2,(H,21,22)/t13-,15+,17-/m0/s1. The average Bonchev–Trinajstić information content (AvgIpc) is 2.69. The summed E-state index contributed by atoms with van der Waals surface area (Å²) < 4.78 is 6.04. The van der Waals surface area contributed by atoms with Gasteiger partial charge < -0.3 is 15.0 Å². The number of ether oxygens (including phenoxy) is 1. The Balaban J connectivity index is 1.55. The smallest absolute Gasteiger partial charge is 0.274 e. The van der Waals surface area contributed by atoms with Crippen molar-refractivity contribution in [1.82, 2.24) is 19.9 Å². The first-order valence-electron chi connectivity index (χ1n) is 8.66. The molecule has 2 saturated heterocycles. The van der Waals surface area contributed by atoms with Crippen LogP contribution in [0.15, 0.2) is 43.0 Å². The number of carbonyl (C=O) groups excluding carboxylic acids is 1. The lowest BCUT2D eigenvalue weighted by atomic mass is 9.85. The second-order valence-electron chi connectivity index (χ2n) is 6.50. The van der Waals surface area contributed by atoms with E-state index < -0.39 is 0 Å². The highest BCUT2D eigenvalue weighted by atomic mass is 16.5. The minimum absolute atomic E-state index is 0.00886. The molecule has 1 amide bonds. The van der Waals surface area contributed by atoms with E-state index >= 15 is 0 Å². The fourth-order valence-corrected chi connectivity index (χ4v) is 3.71. The van der Waals surface area contributed by atoms with Gasteiger partial charge in [-0.2, -0.15) is 0 Å². The van der Waals surface area contributed by atoms with E-state index in [0.717, 1.165) is 25.3 Å². The molecule has 3 atom stereocenters. The van der Waals surface area contributed by atoms with Crippen LogP contribution in [0.25, 0.3) is 0 Å². The Morgan fingerprint density at radius 1 is 1.20 bits per heavy atom. The van der Waals surface area contributed by atoms with Crippen LogP contribution in [-0.2, 0) is 4.74 Å². The third-order valence-electron chi connectivity index (χ3n) is 4.83. The molecule has 1 N–H and O–H groups in total. The zero-order valence-electron chi connectivity index (χ0n) is 13.9. The average molecular weight is 339 g/mol. The topological polar surface area (TPSA) is 80.2 Å². The summed E-state index contributed by atoms with van der Waals surface area (Å²) in [5.41, 5.74) is 0.384. The lowest BCUT2D eigenvalue weighted by Gasteiger charge is -2.46. The van der Waals surface area contributed by atoms with Gasteiger partial charge in [0.2, 0.25) is 0 Å². The number of fused-ring (bicyclic) bond motifs is 1. The van der Waals surface area contributed by atoms with Crippen LogP contribution >= 0.6 is 0 Å². The molecular formula is C18H21N5O2. The number of piperidine rings is 1. The lowest BCUT2D eigenvalue weighted by molar-refractivity contribution is -0.0676. The number of anilines is 1. The van der Waals surface area contributed by atoms with E-state index in [1.54, 1.807) is 18.6 Å². The van der Waals surface area contributed by atoms with Crippen molar-refractivity contribution in [3.05, 3.63) is 48.7 Å². The molecule has 0 unspecified atom stereocenters. The molecule has 130 valence electrons. The molecule has 0 aliphatic carbocycles. The van der Waals surface area contributed by atoms with Crippen LogP contribution in [0, 0.1) is 5.92 Å². The number of likely N-dealkylation sites (tertiary alicyclic amines) is 1. The van der Waals surface area contributed by atoms with Gasteiger partial charge in [-0.25, -0.2) is 9.97 Å². The minimum Gasteiger partial charge on any atom is -0.376 e. The molecule has 0 radical (unpaired) electrons. The molecule has 7 nitrogen and oxygen atoms in total. The Hall–Kier alpha value is -2.54. The first-order valence-corrected chi connectivity index (χ1v) is 8.66. The first-order chi connectivity index (χ1) is 12.3. The molecule has 25 heavy (non-hydrogen) atoms. The summed E-state index contributed by atoms with van der Waals surface area (Å²) in [4.78, 5) is 27.2. The van der Waals surface area contributed by atoms with Crippen molar-refractivity contribution in [3.8, 4) is 0 Å². The van der Waals surface area contributed by atoms with Crippen molar-refractivity contribution in [2.24, 2.45) is 5.92 Å². The zero-order valence-corrected chi connectivity index (χ0v) is 13.9. The van der Waals surface area contributed by atoms with Crippen LogP contribution in [0.1, 0.15) is 23.3 Å². The highest BCUT2D eigenvalue weighted by molar-refractivity contribution is 5.92. The number of carbonyl (C=O) groups is 1. The Morgan fingerprint density at radius 3 is 2.96 bits per heavy atom. The Bertz CT molecular complexity index is 712. The second-order valence-corrected chi connectivity index (χ2v) is 6.50. The van der Waals surface area contributed by atoms with E-state index in [1.165, 1.54) is 6.20 Å². The summed E-state index contributed by atoms with van der Waals surface area (Å²) in [5, 5.41) is 3.45. The number of hydrogen-bond acceptors (Lipinski definition) is 6. The number of nitrogens with one attached hydrogen (secondary N) is 1. The fraction of sp³-hybridized carbons (Fsp3) is 0.444. The van der Waals surface area contributed by atoms with Crippen LogP contribution in [0.2, 0.25) is 0 Å². The Labute approximate surface area is 146 Å². The van der Waals surface area contributed by atoms with Crippen molar-refractivity contribution in [3.63, 3.8) is 0 Å². The van der Waals surface area contributed by atoms with Gasteiger partial charge in [-0.05, 0) is 25.0 Å². The summed E-state index contributed by atoms with van der Waals surface area (Å²) in [5.74, 6) is 1.04. The fourth-order valence-electron chi connectivity index (χ4n) is 3.71. The molecule has 0 spiro atoms. The number of hydrogen-bond donors (Lipinski definition) is 1. The molecule has 2 aromatic heterocycles. The van der Waals surface area contributed by atoms with E-state index in [-0.39, 0.29) is 18.1 Å². The van der Waals surface area contributed by atoms with Gasteiger partial charge in [0.15, 0.2) is 0 Å². The summed E-state index contributed by atoms with van der Waals surface area (Å²) in [6, 6.07) is 5.77. The molecule has 2 aromatic rings. The maximum absolute atomic E-state index is 12.8. The lowest BCUT2D eigenvalue weighted by Crippen LogP contribution is -2.59. The van der Waals surface area contributed by atoms with Crippen molar-refractivity contribution < 1.29 is 9.53 Å². The first kappa shape index (κ1) is 16.0. The van der Waals surface area contributed by atoms with Crippen LogP contribution < -0.4 is 5.32 Å². The molecule has 2 aliphatic heterocycles. The number of nitrogens with zero attached hydrogens (tertiary/aromatic N) is 4. The van der Waals surface area contributed by atoms with E-state index in [4.69, 9.17) is 4.74 Å². The van der Waals surface area contributed by atoms with Crippen molar-refractivity contribution in [2.45, 2.75) is 25.0 Å². The Kier molecular flexibility index (Phi) is 4.56. The normalized spacial score (nSPS) is 25.9. The van der Waals surface area contributed by atoms with Crippen LogP contribution in [0.5, 0.6) is 0 Å². The van der Waals surface area contributed by atoms with Gasteiger partial charge in [-0.15, -0.1) is 0 Å². The van der Waals surface area contributed by atoms with Gasteiger partial charge in [0.25, 0.3) is 5.91 Å². The van der Waals surface area contributed by atoms with E-state index in [1.807, 2.05) is 23.1 Å². The number of rotatable bonds is 3. The molecule has 4 rings (SSSR count). The third-order valence-corrected chi connectivity index (χ3v) is 4.83. The summed E-state index contributed by atoms with van der Waals surface area (Å²) >= 11 is 0. The van der Waals surface area contributed by atoms with Crippen molar-refractivity contribution >= 4 is 11.7 Å². The molecular weight excluding hydrogens is 318 g/mol. The van der Waals surface area contributed by atoms with Gasteiger partial charge in [0.1, 0.15) is 11.5 Å². The zero-order chi connectivity index (χ0) is 17.1. The van der Waals surface area contributed by atoms with E-state index in [2.05, 4.69) is 20.3 Å². The predicted octanol–water partition coefficient (Wildman–Crippen LogP) is 1.60. The van der Waals surface area contributed by atoms with E-state index in [0.29, 0.717) is 24.7 Å². The number of amides is 1. The van der Waals surface area contributed by atoms with Crippen molar-refractivity contribution in [1.29, 1.82) is 0 Å². The van der Waals surface area contributed by atoms with Crippen molar-refractivity contribution in [2.75, 3.05) is 25.0 Å². The van der Waals surface area contributed by atoms with Gasteiger partial charge in [-0.1, -0.05) is 6.07 Å². The summed E-state index contributed by atoms with van der Waals surface area (Å²) in [6.07, 6.45) is 8.60. The maximum atomic E-state index is 12.8. The predicted molar refractivity (Wildman–Crippen MR) is 92.0 cm³/mol. The highest BCUT2D eigenvalue weighted by Gasteiger charge is 2.41. The molecule has 2 aliphatic rings. The quantitative estimate of drug-likeness (QED) is 0.915. The molecule has 7 heteroatoms. The van der Waals surface area contributed by atoms with E-state index in [9.17, 15) is 4.79 Å². The van der Waals surface area contributed by atoms with Crippen LogP contribution in [0.3, 0.4) is 0 Å².